The summed E-state index contributed by atoms with van der Waals surface area (Å²) < 4.78 is 1.83. The number of aromatic nitrogens is 4. The number of amides is 2. The number of carbonyl (C=O) groups is 1. The molecule has 164 valence electrons. The number of rotatable bonds is 8. The van der Waals surface area contributed by atoms with Crippen LogP contribution in [0.3, 0.4) is 0 Å². The monoisotopic (exact) mass is 431 g/mol. The van der Waals surface area contributed by atoms with Gasteiger partial charge in [-0.1, -0.05) is 42.5 Å². The van der Waals surface area contributed by atoms with E-state index in [1.165, 1.54) is 0 Å². The van der Waals surface area contributed by atoms with Crippen LogP contribution in [0.5, 0.6) is 0 Å². The van der Waals surface area contributed by atoms with Gasteiger partial charge in [0.05, 0.1) is 6.33 Å². The lowest BCUT2D eigenvalue weighted by Gasteiger charge is -2.11. The van der Waals surface area contributed by atoms with Crippen molar-refractivity contribution >= 4 is 28.7 Å². The number of aryl methyl sites for hydroxylation is 1. The summed E-state index contributed by atoms with van der Waals surface area (Å²) in [6, 6.07) is 16.8. The van der Waals surface area contributed by atoms with Gasteiger partial charge in [0.2, 0.25) is 0 Å². The minimum Gasteiger partial charge on any atom is -0.396 e. The molecule has 0 saturated carbocycles. The number of nitrogens with zero attached hydrogens (tertiary/aromatic N) is 4. The lowest BCUT2D eigenvalue weighted by Crippen LogP contribution is -2.28. The van der Waals surface area contributed by atoms with Crippen LogP contribution in [0.25, 0.3) is 22.6 Å². The van der Waals surface area contributed by atoms with E-state index in [1.54, 1.807) is 6.33 Å². The van der Waals surface area contributed by atoms with Crippen molar-refractivity contribution < 1.29 is 9.90 Å². The van der Waals surface area contributed by atoms with E-state index in [0.29, 0.717) is 48.0 Å². The average Bonchev–Trinajstić information content (AvgIpc) is 3.19. The van der Waals surface area contributed by atoms with Crippen molar-refractivity contribution in [2.75, 3.05) is 23.8 Å². The molecule has 0 aliphatic carbocycles. The molecule has 0 atom stereocenters. The summed E-state index contributed by atoms with van der Waals surface area (Å²) >= 11 is 0. The minimum atomic E-state index is -0.291. The first-order valence-electron chi connectivity index (χ1n) is 10.4. The third-order valence-corrected chi connectivity index (χ3v) is 4.86. The van der Waals surface area contributed by atoms with E-state index >= 15 is 0 Å². The molecule has 32 heavy (non-hydrogen) atoms. The highest BCUT2D eigenvalue weighted by atomic mass is 16.3. The molecule has 0 spiro atoms. The predicted molar refractivity (Wildman–Crippen MR) is 124 cm³/mol. The number of nitrogens with one attached hydrogen (secondary N) is 3. The number of urea groups is 1. The molecule has 2 aromatic heterocycles. The van der Waals surface area contributed by atoms with Crippen LogP contribution < -0.4 is 16.0 Å². The summed E-state index contributed by atoms with van der Waals surface area (Å²) in [5.41, 5.74) is 3.79. The van der Waals surface area contributed by atoms with Crippen LogP contribution in [0.2, 0.25) is 0 Å². The van der Waals surface area contributed by atoms with E-state index in [2.05, 4.69) is 30.9 Å². The molecule has 2 heterocycles. The highest BCUT2D eigenvalue weighted by Gasteiger charge is 2.14. The molecule has 2 amide bonds. The molecule has 4 aromatic rings. The number of anilines is 2. The van der Waals surface area contributed by atoms with Crippen LogP contribution in [-0.4, -0.2) is 43.8 Å². The Morgan fingerprint density at radius 3 is 2.75 bits per heavy atom. The van der Waals surface area contributed by atoms with Gasteiger partial charge in [-0.25, -0.2) is 19.7 Å². The third-order valence-electron chi connectivity index (χ3n) is 4.86. The molecule has 9 nitrogen and oxygen atoms in total. The van der Waals surface area contributed by atoms with Gasteiger partial charge in [0, 0.05) is 38.0 Å². The normalized spacial score (nSPS) is 10.8. The number of imidazole rings is 1. The molecule has 0 aliphatic rings. The summed E-state index contributed by atoms with van der Waals surface area (Å²) in [4.78, 5) is 26.0. The van der Waals surface area contributed by atoms with Gasteiger partial charge in [-0.3, -0.25) is 0 Å². The average molecular weight is 432 g/mol. The molecule has 9 heteroatoms. The second kappa shape index (κ2) is 9.88. The zero-order valence-corrected chi connectivity index (χ0v) is 17.7. The lowest BCUT2D eigenvalue weighted by molar-refractivity contribution is 0.251. The first-order chi connectivity index (χ1) is 15.6. The van der Waals surface area contributed by atoms with Gasteiger partial charge in [0.25, 0.3) is 0 Å². The Morgan fingerprint density at radius 2 is 1.94 bits per heavy atom. The van der Waals surface area contributed by atoms with Crippen LogP contribution in [-0.2, 0) is 13.6 Å². The number of benzene rings is 2. The topological polar surface area (TPSA) is 117 Å². The number of hydrogen-bond donors (Lipinski definition) is 4. The van der Waals surface area contributed by atoms with E-state index in [1.807, 2.05) is 66.2 Å². The van der Waals surface area contributed by atoms with Crippen molar-refractivity contribution in [1.29, 1.82) is 0 Å². The van der Waals surface area contributed by atoms with Crippen molar-refractivity contribution in [1.82, 2.24) is 24.8 Å². The van der Waals surface area contributed by atoms with Crippen LogP contribution >= 0.6 is 0 Å². The van der Waals surface area contributed by atoms with Crippen LogP contribution in [0.4, 0.5) is 16.3 Å². The molecular weight excluding hydrogens is 406 g/mol. The zero-order chi connectivity index (χ0) is 22.3. The molecule has 0 bridgehead atoms. The Labute approximate surface area is 185 Å². The van der Waals surface area contributed by atoms with Crippen molar-refractivity contribution in [2.45, 2.75) is 13.0 Å². The van der Waals surface area contributed by atoms with Gasteiger partial charge in [0.15, 0.2) is 17.3 Å². The van der Waals surface area contributed by atoms with Crippen LogP contribution in [0.15, 0.2) is 60.9 Å². The maximum Gasteiger partial charge on any atom is 0.319 e. The van der Waals surface area contributed by atoms with E-state index in [9.17, 15) is 4.79 Å². The quantitative estimate of drug-likeness (QED) is 0.319. The van der Waals surface area contributed by atoms with E-state index in [-0.39, 0.29) is 12.6 Å². The Bertz CT molecular complexity index is 1210. The molecule has 4 N–H and O–H groups in total. The highest BCUT2D eigenvalue weighted by Crippen LogP contribution is 2.25. The minimum absolute atomic E-state index is 0.0936. The van der Waals surface area contributed by atoms with Crippen molar-refractivity contribution in [3.05, 3.63) is 66.5 Å². The van der Waals surface area contributed by atoms with Gasteiger partial charge >= 0.3 is 6.03 Å². The predicted octanol–water partition coefficient (Wildman–Crippen LogP) is 3.15. The maximum atomic E-state index is 12.3. The largest absolute Gasteiger partial charge is 0.396 e. The second-order valence-electron chi connectivity index (χ2n) is 7.30. The summed E-state index contributed by atoms with van der Waals surface area (Å²) in [6.45, 7) is 1.10. The summed E-state index contributed by atoms with van der Waals surface area (Å²) in [7, 11) is 1.87. The van der Waals surface area contributed by atoms with Crippen LogP contribution in [0, 0.1) is 0 Å². The van der Waals surface area contributed by atoms with E-state index in [0.717, 1.165) is 11.1 Å². The smallest absolute Gasteiger partial charge is 0.319 e. The number of carbonyl (C=O) groups excluding carboxylic acids is 1. The van der Waals surface area contributed by atoms with Gasteiger partial charge in [-0.2, -0.15) is 0 Å². The molecular formula is C23H25N7O2. The van der Waals surface area contributed by atoms with E-state index < -0.39 is 0 Å². The van der Waals surface area contributed by atoms with Crippen molar-refractivity contribution in [3.8, 4) is 11.4 Å². The Kier molecular flexibility index (Phi) is 6.57. The number of aliphatic hydroxyl groups is 1. The van der Waals surface area contributed by atoms with Crippen LogP contribution in [0.1, 0.15) is 12.0 Å². The Balaban J connectivity index is 1.53. The molecule has 0 fully saturated rings. The van der Waals surface area contributed by atoms with Gasteiger partial charge in [0.1, 0.15) is 5.52 Å². The summed E-state index contributed by atoms with van der Waals surface area (Å²) in [5.74, 6) is 1.12. The second-order valence-corrected chi connectivity index (χ2v) is 7.30. The SMILES string of the molecule is Cn1cnc2c(NCCCO)nc(-c3cccc(NC(=O)NCc4ccccc4)c3)nc21. The summed E-state index contributed by atoms with van der Waals surface area (Å²) in [5, 5.41) is 18.0. The Hall–Kier alpha value is -3.98. The molecule has 0 radical (unpaired) electrons. The lowest BCUT2D eigenvalue weighted by atomic mass is 10.2. The molecule has 0 unspecified atom stereocenters. The first kappa shape index (κ1) is 21.3. The number of aliphatic hydroxyl groups excluding tert-OH is 1. The van der Waals surface area contributed by atoms with Crippen molar-refractivity contribution in [2.24, 2.45) is 7.05 Å². The van der Waals surface area contributed by atoms with Gasteiger partial charge in [-0.05, 0) is 24.1 Å². The number of fused-ring (bicyclic) bond motifs is 1. The standard InChI is InChI=1S/C23H25N7O2/c1-30-15-26-19-21(24-11-6-12-31)28-20(29-22(19)30)17-9-5-10-18(13-17)27-23(32)25-14-16-7-3-2-4-8-16/h2-5,7-10,13,15,31H,6,11-12,14H2,1H3,(H,24,28,29)(H2,25,27,32). The first-order valence-corrected chi connectivity index (χ1v) is 10.4. The maximum absolute atomic E-state index is 12.3. The van der Waals surface area contributed by atoms with Gasteiger partial charge in [-0.15, -0.1) is 0 Å². The molecule has 4 rings (SSSR count). The Morgan fingerprint density at radius 1 is 1.09 bits per heavy atom. The highest BCUT2D eigenvalue weighted by molar-refractivity contribution is 5.90. The fraction of sp³-hybridized carbons (Fsp3) is 0.217. The molecule has 0 saturated heterocycles. The fourth-order valence-electron chi connectivity index (χ4n) is 3.23. The van der Waals surface area contributed by atoms with Gasteiger partial charge < -0.3 is 25.6 Å². The van der Waals surface area contributed by atoms with Crippen molar-refractivity contribution in [3.63, 3.8) is 0 Å². The molecule has 0 aliphatic heterocycles. The molecule has 2 aromatic carbocycles. The third kappa shape index (κ3) is 5.01. The van der Waals surface area contributed by atoms with E-state index in [4.69, 9.17) is 5.11 Å². The zero-order valence-electron chi connectivity index (χ0n) is 17.7. The number of hydrogen-bond acceptors (Lipinski definition) is 6. The fourth-order valence-corrected chi connectivity index (χ4v) is 3.23. The summed E-state index contributed by atoms with van der Waals surface area (Å²) in [6.07, 6.45) is 2.29.